The number of nitrogens with zero attached hydrogens (tertiary/aromatic N) is 1. The molecule has 0 bridgehead atoms. The standard InChI is InChI=1S/C20H16F9NO/c1-11(18(21,22)23)9-14(31)10-15(12-4-6-13(7-5-12)19(24,25)26)17-16(20(27,28)29)3-2-8-30-17/h2-8,11,15H,9-10H2,1H3/t11-,15+/m1/s1. The van der Waals surface area contributed by atoms with Crippen LogP contribution in [0.2, 0.25) is 0 Å². The Morgan fingerprint density at radius 2 is 1.45 bits per heavy atom. The number of aromatic nitrogens is 1. The number of rotatable bonds is 6. The average Bonchev–Trinajstić information content (AvgIpc) is 2.64. The van der Waals surface area contributed by atoms with Gasteiger partial charge in [0.25, 0.3) is 0 Å². The first-order chi connectivity index (χ1) is 14.1. The van der Waals surface area contributed by atoms with Gasteiger partial charge in [-0.2, -0.15) is 39.5 Å². The normalized spacial score (nSPS) is 14.9. The van der Waals surface area contributed by atoms with Gasteiger partial charge in [-0.1, -0.05) is 19.1 Å². The monoisotopic (exact) mass is 457 g/mol. The molecule has 0 aliphatic heterocycles. The molecule has 0 radical (unpaired) electrons. The number of carbonyl (C=O) groups excluding carboxylic acids is 1. The molecule has 2 rings (SSSR count). The molecule has 0 aliphatic carbocycles. The minimum atomic E-state index is -4.89. The quantitative estimate of drug-likeness (QED) is 0.447. The predicted octanol–water partition coefficient (Wildman–Crippen LogP) is 6.80. The highest BCUT2D eigenvalue weighted by Crippen LogP contribution is 2.39. The number of hydrogen-bond donors (Lipinski definition) is 0. The summed E-state index contributed by atoms with van der Waals surface area (Å²) >= 11 is 0. The van der Waals surface area contributed by atoms with E-state index in [1.807, 2.05) is 0 Å². The third kappa shape index (κ3) is 6.44. The van der Waals surface area contributed by atoms with Crippen LogP contribution in [-0.4, -0.2) is 16.9 Å². The van der Waals surface area contributed by atoms with E-state index in [0.29, 0.717) is 18.2 Å². The molecular weight excluding hydrogens is 441 g/mol. The van der Waals surface area contributed by atoms with Gasteiger partial charge in [0.1, 0.15) is 5.78 Å². The summed E-state index contributed by atoms with van der Waals surface area (Å²) in [6.45, 7) is 0.757. The second kappa shape index (κ2) is 8.88. The molecule has 2 nitrogen and oxygen atoms in total. The number of benzene rings is 1. The van der Waals surface area contributed by atoms with E-state index in [-0.39, 0.29) is 5.56 Å². The second-order valence-corrected chi connectivity index (χ2v) is 7.00. The fraction of sp³-hybridized carbons (Fsp3) is 0.400. The first-order valence-electron chi connectivity index (χ1n) is 8.88. The van der Waals surface area contributed by atoms with Crippen LogP contribution in [0.25, 0.3) is 0 Å². The van der Waals surface area contributed by atoms with Gasteiger partial charge in [-0.25, -0.2) is 0 Å². The van der Waals surface area contributed by atoms with E-state index in [4.69, 9.17) is 0 Å². The summed E-state index contributed by atoms with van der Waals surface area (Å²) in [5.74, 6) is -4.50. The molecule has 170 valence electrons. The molecule has 0 saturated heterocycles. The van der Waals surface area contributed by atoms with Crippen LogP contribution in [0.3, 0.4) is 0 Å². The van der Waals surface area contributed by atoms with Gasteiger partial charge in [0.05, 0.1) is 22.7 Å². The summed E-state index contributed by atoms with van der Waals surface area (Å²) in [6.07, 6.45) is -15.0. The number of alkyl halides is 9. The number of halogens is 9. The summed E-state index contributed by atoms with van der Waals surface area (Å²) in [7, 11) is 0. The Balaban J connectivity index is 2.48. The SMILES string of the molecule is C[C@H](CC(=O)C[C@@H](c1ccc(C(F)(F)F)cc1)c1ncccc1C(F)(F)F)C(F)(F)F. The zero-order valence-electron chi connectivity index (χ0n) is 15.9. The largest absolute Gasteiger partial charge is 0.418 e. The van der Waals surface area contributed by atoms with Gasteiger partial charge < -0.3 is 0 Å². The molecular formula is C20H16F9NO. The van der Waals surface area contributed by atoms with E-state index in [1.165, 1.54) is 0 Å². The van der Waals surface area contributed by atoms with E-state index in [2.05, 4.69) is 4.98 Å². The molecule has 0 spiro atoms. The van der Waals surface area contributed by atoms with Crippen LogP contribution in [0.4, 0.5) is 39.5 Å². The molecule has 1 aromatic heterocycles. The maximum atomic E-state index is 13.4. The lowest BCUT2D eigenvalue weighted by Gasteiger charge is -2.22. The Labute approximate surface area is 171 Å². The Kier molecular flexibility index (Phi) is 7.07. The molecule has 0 unspecified atom stereocenters. The van der Waals surface area contributed by atoms with Crippen LogP contribution in [0.5, 0.6) is 0 Å². The lowest BCUT2D eigenvalue weighted by atomic mass is 9.85. The van der Waals surface area contributed by atoms with Crippen molar-refractivity contribution in [2.24, 2.45) is 5.92 Å². The van der Waals surface area contributed by atoms with Crippen LogP contribution < -0.4 is 0 Å². The number of hydrogen-bond acceptors (Lipinski definition) is 2. The first-order valence-corrected chi connectivity index (χ1v) is 8.88. The Morgan fingerprint density at radius 1 is 0.871 bits per heavy atom. The van der Waals surface area contributed by atoms with Crippen LogP contribution in [-0.2, 0) is 17.1 Å². The van der Waals surface area contributed by atoms with Gasteiger partial charge in [0, 0.05) is 25.0 Å². The molecule has 2 aromatic rings. The van der Waals surface area contributed by atoms with Crippen molar-refractivity contribution in [3.63, 3.8) is 0 Å². The van der Waals surface area contributed by atoms with Gasteiger partial charge in [-0.15, -0.1) is 0 Å². The fourth-order valence-electron chi connectivity index (χ4n) is 2.98. The van der Waals surface area contributed by atoms with Gasteiger partial charge >= 0.3 is 18.5 Å². The summed E-state index contributed by atoms with van der Waals surface area (Å²) in [5.41, 5.74) is -3.05. The van der Waals surface area contributed by atoms with Gasteiger partial charge in [-0.05, 0) is 29.8 Å². The first kappa shape index (κ1) is 24.7. The summed E-state index contributed by atoms with van der Waals surface area (Å²) < 4.78 is 117. The van der Waals surface area contributed by atoms with Crippen molar-refractivity contribution in [3.8, 4) is 0 Å². The van der Waals surface area contributed by atoms with Gasteiger partial charge in [0.15, 0.2) is 0 Å². The maximum Gasteiger partial charge on any atom is 0.418 e. The van der Waals surface area contributed by atoms with E-state index in [0.717, 1.165) is 31.3 Å². The molecule has 0 amide bonds. The minimum absolute atomic E-state index is 0.106. The van der Waals surface area contributed by atoms with Crippen molar-refractivity contribution in [1.29, 1.82) is 0 Å². The van der Waals surface area contributed by atoms with Crippen molar-refractivity contribution in [3.05, 3.63) is 65.0 Å². The predicted molar refractivity (Wildman–Crippen MR) is 92.0 cm³/mol. The third-order valence-corrected chi connectivity index (χ3v) is 4.64. The zero-order chi connectivity index (χ0) is 23.6. The van der Waals surface area contributed by atoms with Crippen molar-refractivity contribution in [1.82, 2.24) is 4.98 Å². The van der Waals surface area contributed by atoms with Crippen molar-refractivity contribution in [2.75, 3.05) is 0 Å². The third-order valence-electron chi connectivity index (χ3n) is 4.64. The summed E-state index contributed by atoms with van der Waals surface area (Å²) in [5, 5.41) is 0. The second-order valence-electron chi connectivity index (χ2n) is 7.00. The smallest absolute Gasteiger partial charge is 0.300 e. The zero-order valence-corrected chi connectivity index (χ0v) is 15.9. The summed E-state index contributed by atoms with van der Waals surface area (Å²) in [6, 6.07) is 4.71. The highest BCUT2D eigenvalue weighted by Gasteiger charge is 2.40. The Morgan fingerprint density at radius 3 is 1.94 bits per heavy atom. The van der Waals surface area contributed by atoms with Crippen LogP contribution >= 0.6 is 0 Å². The van der Waals surface area contributed by atoms with Crippen LogP contribution in [0.15, 0.2) is 42.6 Å². The molecule has 0 aliphatic rings. The van der Waals surface area contributed by atoms with Gasteiger partial charge in [-0.3, -0.25) is 9.78 Å². The van der Waals surface area contributed by atoms with E-state index >= 15 is 0 Å². The van der Waals surface area contributed by atoms with Crippen molar-refractivity contribution < 1.29 is 44.3 Å². The highest BCUT2D eigenvalue weighted by atomic mass is 19.4. The lowest BCUT2D eigenvalue weighted by molar-refractivity contribution is -0.173. The van der Waals surface area contributed by atoms with Crippen molar-refractivity contribution >= 4 is 5.78 Å². The van der Waals surface area contributed by atoms with E-state index < -0.39 is 65.8 Å². The van der Waals surface area contributed by atoms with E-state index in [1.54, 1.807) is 0 Å². The number of ketones is 1. The molecule has 0 N–H and O–H groups in total. The van der Waals surface area contributed by atoms with Crippen LogP contribution in [0, 0.1) is 5.92 Å². The molecule has 2 atom stereocenters. The Bertz CT molecular complexity index is 899. The fourth-order valence-corrected chi connectivity index (χ4v) is 2.98. The number of Topliss-reactive ketones (excluding diaryl/α,β-unsaturated/α-hetero) is 1. The molecule has 0 saturated carbocycles. The van der Waals surface area contributed by atoms with Gasteiger partial charge in [0.2, 0.25) is 0 Å². The summed E-state index contributed by atoms with van der Waals surface area (Å²) in [4.78, 5) is 15.9. The number of carbonyl (C=O) groups is 1. The molecule has 31 heavy (non-hydrogen) atoms. The lowest BCUT2D eigenvalue weighted by Crippen LogP contribution is -2.24. The highest BCUT2D eigenvalue weighted by molar-refractivity contribution is 5.80. The Hall–Kier alpha value is -2.59. The van der Waals surface area contributed by atoms with E-state index in [9.17, 15) is 44.3 Å². The number of pyridine rings is 1. The topological polar surface area (TPSA) is 30.0 Å². The molecule has 1 heterocycles. The van der Waals surface area contributed by atoms with Crippen molar-refractivity contribution in [2.45, 2.75) is 44.2 Å². The molecule has 11 heteroatoms. The molecule has 0 fully saturated rings. The van der Waals surface area contributed by atoms with Crippen LogP contribution in [0.1, 0.15) is 48.1 Å². The molecule has 1 aromatic carbocycles. The average molecular weight is 457 g/mol. The minimum Gasteiger partial charge on any atom is -0.300 e. The maximum absolute atomic E-state index is 13.4.